The normalized spacial score (nSPS) is 12.3. The summed E-state index contributed by atoms with van der Waals surface area (Å²) in [6.07, 6.45) is 0.347. The van der Waals surface area contributed by atoms with Crippen LogP contribution in [-0.2, 0) is 26.2 Å². The maximum Gasteiger partial charge on any atom is 0.264 e. The molecule has 40 heavy (non-hydrogen) atoms. The molecule has 0 fully saturated rings. The lowest BCUT2D eigenvalue weighted by Gasteiger charge is -2.35. The number of nitrogens with one attached hydrogen (secondary N) is 1. The molecule has 3 aromatic rings. The largest absolute Gasteiger partial charge is 0.495 e. The van der Waals surface area contributed by atoms with E-state index >= 15 is 0 Å². The molecule has 0 aliphatic carbocycles. The number of nitrogens with zero attached hydrogens (tertiary/aromatic N) is 2. The Bertz CT molecular complexity index is 1400. The topological polar surface area (TPSA) is 96.0 Å². The first kappa shape index (κ1) is 30.7. The number of hydrogen-bond acceptors (Lipinski definition) is 5. The molecule has 9 heteroatoms. The minimum Gasteiger partial charge on any atom is -0.495 e. The van der Waals surface area contributed by atoms with E-state index in [1.165, 1.54) is 24.1 Å². The summed E-state index contributed by atoms with van der Waals surface area (Å²) >= 11 is 0. The Morgan fingerprint density at radius 2 is 1.52 bits per heavy atom. The molecule has 0 bridgehead atoms. The van der Waals surface area contributed by atoms with Gasteiger partial charge in [-0.05, 0) is 63.9 Å². The van der Waals surface area contributed by atoms with Crippen LogP contribution in [0, 0.1) is 6.92 Å². The van der Waals surface area contributed by atoms with Crippen LogP contribution in [0.25, 0.3) is 0 Å². The van der Waals surface area contributed by atoms with Crippen molar-refractivity contribution in [3.8, 4) is 5.75 Å². The second-order valence-electron chi connectivity index (χ2n) is 10.7. The Balaban J connectivity index is 2.10. The van der Waals surface area contributed by atoms with Crippen LogP contribution < -0.4 is 14.4 Å². The van der Waals surface area contributed by atoms with E-state index in [4.69, 9.17) is 4.74 Å². The summed E-state index contributed by atoms with van der Waals surface area (Å²) in [5, 5.41) is 2.97. The van der Waals surface area contributed by atoms with E-state index in [1.807, 2.05) is 65.0 Å². The lowest BCUT2D eigenvalue weighted by molar-refractivity contribution is -0.141. The molecule has 0 unspecified atom stereocenters. The number of benzene rings is 3. The summed E-state index contributed by atoms with van der Waals surface area (Å²) in [5.74, 6) is -0.510. The van der Waals surface area contributed by atoms with Gasteiger partial charge < -0.3 is 15.0 Å². The van der Waals surface area contributed by atoms with E-state index in [0.717, 1.165) is 15.4 Å². The Hall–Kier alpha value is -3.85. The fraction of sp³-hybridized carbons (Fsp3) is 0.355. The number of aryl methyl sites for hydroxylation is 1. The van der Waals surface area contributed by atoms with Crippen molar-refractivity contribution in [1.82, 2.24) is 10.2 Å². The number of para-hydroxylation sites is 2. The van der Waals surface area contributed by atoms with Crippen molar-refractivity contribution in [2.24, 2.45) is 0 Å². The third kappa shape index (κ3) is 7.63. The van der Waals surface area contributed by atoms with Crippen molar-refractivity contribution in [3.05, 3.63) is 90.0 Å². The average molecular weight is 566 g/mol. The first-order chi connectivity index (χ1) is 18.9. The number of amides is 2. The molecule has 0 spiro atoms. The maximum atomic E-state index is 14.1. The minimum atomic E-state index is -4.18. The first-order valence-corrected chi connectivity index (χ1v) is 14.7. The van der Waals surface area contributed by atoms with Gasteiger partial charge in [0.05, 0.1) is 17.7 Å². The van der Waals surface area contributed by atoms with Crippen LogP contribution in [0.3, 0.4) is 0 Å². The van der Waals surface area contributed by atoms with Crippen LogP contribution in [0.15, 0.2) is 83.8 Å². The van der Waals surface area contributed by atoms with Crippen LogP contribution >= 0.6 is 0 Å². The molecule has 214 valence electrons. The Morgan fingerprint density at radius 1 is 0.925 bits per heavy atom. The van der Waals surface area contributed by atoms with Gasteiger partial charge in [-0.15, -0.1) is 0 Å². The second kappa shape index (κ2) is 13.0. The molecular weight excluding hydrogens is 526 g/mol. The number of carbonyl (C=O) groups excluding carboxylic acids is 2. The van der Waals surface area contributed by atoms with Crippen molar-refractivity contribution < 1.29 is 22.7 Å². The highest BCUT2D eigenvalue weighted by atomic mass is 32.2. The molecule has 0 aliphatic rings. The van der Waals surface area contributed by atoms with E-state index < -0.39 is 34.1 Å². The van der Waals surface area contributed by atoms with Gasteiger partial charge in [0.15, 0.2) is 0 Å². The fourth-order valence-electron chi connectivity index (χ4n) is 4.34. The monoisotopic (exact) mass is 565 g/mol. The molecule has 0 heterocycles. The molecule has 1 atom stereocenters. The summed E-state index contributed by atoms with van der Waals surface area (Å²) in [5.41, 5.74) is 1.45. The van der Waals surface area contributed by atoms with Gasteiger partial charge >= 0.3 is 0 Å². The van der Waals surface area contributed by atoms with Crippen molar-refractivity contribution >= 4 is 27.5 Å². The van der Waals surface area contributed by atoms with Gasteiger partial charge in [-0.25, -0.2) is 8.42 Å². The van der Waals surface area contributed by atoms with Gasteiger partial charge in [-0.2, -0.15) is 0 Å². The van der Waals surface area contributed by atoms with E-state index in [2.05, 4.69) is 5.32 Å². The van der Waals surface area contributed by atoms with Gasteiger partial charge in [0.1, 0.15) is 18.3 Å². The van der Waals surface area contributed by atoms with Crippen LogP contribution in [0.5, 0.6) is 5.75 Å². The molecule has 2 amide bonds. The van der Waals surface area contributed by atoms with Gasteiger partial charge in [0.25, 0.3) is 10.0 Å². The van der Waals surface area contributed by atoms with Crippen molar-refractivity contribution in [1.29, 1.82) is 0 Å². The van der Waals surface area contributed by atoms with Gasteiger partial charge in [-0.3, -0.25) is 13.9 Å². The molecule has 8 nitrogen and oxygen atoms in total. The van der Waals surface area contributed by atoms with Crippen LogP contribution in [0.2, 0.25) is 0 Å². The first-order valence-electron chi connectivity index (χ1n) is 13.2. The van der Waals surface area contributed by atoms with E-state index in [9.17, 15) is 18.0 Å². The summed E-state index contributed by atoms with van der Waals surface area (Å²) < 4.78 is 34.6. The summed E-state index contributed by atoms with van der Waals surface area (Å²) in [6.45, 7) is 8.94. The quantitative estimate of drug-likeness (QED) is 0.356. The lowest BCUT2D eigenvalue weighted by atomic mass is 10.1. The number of carbonyl (C=O) groups is 2. The van der Waals surface area contributed by atoms with Crippen LogP contribution in [0.1, 0.15) is 45.2 Å². The number of ether oxygens (including phenoxy) is 1. The van der Waals surface area contributed by atoms with Crippen molar-refractivity contribution in [3.63, 3.8) is 0 Å². The zero-order valence-corrected chi connectivity index (χ0v) is 24.9. The molecule has 3 aromatic carbocycles. The molecular formula is C31H39N3O5S. The van der Waals surface area contributed by atoms with E-state index in [0.29, 0.717) is 12.2 Å². The van der Waals surface area contributed by atoms with Gasteiger partial charge in [0.2, 0.25) is 11.8 Å². The predicted octanol–water partition coefficient (Wildman–Crippen LogP) is 4.92. The molecule has 1 N–H and O–H groups in total. The fourth-order valence-corrected chi connectivity index (χ4v) is 5.76. The molecule has 0 radical (unpaired) electrons. The molecule has 0 aromatic heterocycles. The number of methoxy groups -OCH3 is 1. The third-order valence-electron chi connectivity index (χ3n) is 6.32. The average Bonchev–Trinajstić information content (AvgIpc) is 2.91. The van der Waals surface area contributed by atoms with Crippen LogP contribution in [0.4, 0.5) is 5.69 Å². The predicted molar refractivity (Wildman–Crippen MR) is 158 cm³/mol. The Morgan fingerprint density at radius 3 is 2.10 bits per heavy atom. The molecule has 3 rings (SSSR count). The van der Waals surface area contributed by atoms with E-state index in [1.54, 1.807) is 36.4 Å². The standard InChI is InChI=1S/C31H39N3O5S/c1-7-26(30(36)32-31(3,4)5)33(21-24-13-9-8-10-14-24)29(35)22-34(27-15-11-12-16-28(27)39-6)40(37,38)25-19-17-23(2)18-20-25/h8-20,26H,7,21-22H2,1-6H3,(H,32,36)/t26-/m1/s1. The van der Waals surface area contributed by atoms with Crippen molar-refractivity contribution in [2.45, 2.75) is 64.1 Å². The minimum absolute atomic E-state index is 0.0453. The summed E-state index contributed by atoms with van der Waals surface area (Å²) in [7, 11) is -2.73. The SMILES string of the molecule is CC[C@H](C(=O)NC(C)(C)C)N(Cc1ccccc1)C(=O)CN(c1ccccc1OC)S(=O)(=O)c1ccc(C)cc1. The summed E-state index contributed by atoms with van der Waals surface area (Å²) in [6, 6.07) is 21.6. The Labute approximate surface area is 238 Å². The zero-order chi connectivity index (χ0) is 29.5. The summed E-state index contributed by atoms with van der Waals surface area (Å²) in [4.78, 5) is 29.0. The molecule has 0 saturated heterocycles. The van der Waals surface area contributed by atoms with Crippen LogP contribution in [-0.4, -0.2) is 50.4 Å². The third-order valence-corrected chi connectivity index (χ3v) is 8.10. The number of rotatable bonds is 11. The smallest absolute Gasteiger partial charge is 0.264 e. The number of sulfonamides is 1. The highest BCUT2D eigenvalue weighted by molar-refractivity contribution is 7.92. The van der Waals surface area contributed by atoms with Gasteiger partial charge in [-0.1, -0.05) is 67.1 Å². The number of hydrogen-bond donors (Lipinski definition) is 1. The van der Waals surface area contributed by atoms with Crippen molar-refractivity contribution in [2.75, 3.05) is 18.0 Å². The maximum absolute atomic E-state index is 14.1. The molecule has 0 saturated carbocycles. The van der Waals surface area contributed by atoms with E-state index in [-0.39, 0.29) is 23.0 Å². The van der Waals surface area contributed by atoms with Gasteiger partial charge in [0, 0.05) is 12.1 Å². The molecule has 0 aliphatic heterocycles. The lowest BCUT2D eigenvalue weighted by Crippen LogP contribution is -2.55. The zero-order valence-electron chi connectivity index (χ0n) is 24.0. The highest BCUT2D eigenvalue weighted by Gasteiger charge is 2.35. The second-order valence-corrected chi connectivity index (χ2v) is 12.5. The number of anilines is 1. The highest BCUT2D eigenvalue weighted by Crippen LogP contribution is 2.32. The Kier molecular flexibility index (Phi) is 9.98.